The van der Waals surface area contributed by atoms with Crippen molar-refractivity contribution >= 4 is 106 Å². The normalized spacial score (nSPS) is 12.2. The third kappa shape index (κ3) is 4.47. The van der Waals surface area contributed by atoms with Gasteiger partial charge in [-0.05, 0) is 69.8 Å². The Hall–Kier alpha value is -6.92. The first-order chi connectivity index (χ1) is 28.3. The summed E-state index contributed by atoms with van der Waals surface area (Å²) in [6.07, 6.45) is 0. The van der Waals surface area contributed by atoms with Crippen LogP contribution < -0.4 is 0 Å². The molecule has 0 amide bonds. The molecule has 0 radical (unpaired) electrons. The summed E-state index contributed by atoms with van der Waals surface area (Å²) in [6, 6.07) is 64.0. The van der Waals surface area contributed by atoms with Gasteiger partial charge < -0.3 is 4.57 Å². The lowest BCUT2D eigenvalue weighted by Gasteiger charge is -2.15. The van der Waals surface area contributed by atoms with Gasteiger partial charge in [0.05, 0.1) is 32.6 Å². The molecule has 0 saturated heterocycles. The van der Waals surface area contributed by atoms with Crippen LogP contribution in [0.15, 0.2) is 176 Å². The Labute approximate surface area is 334 Å². The second-order valence-electron chi connectivity index (χ2n) is 14.9. The van der Waals surface area contributed by atoms with E-state index in [9.17, 15) is 0 Å². The number of rotatable bonds is 4. The van der Waals surface area contributed by atoms with E-state index in [0.717, 1.165) is 54.7 Å². The topological polar surface area (TPSA) is 30.7 Å². The van der Waals surface area contributed by atoms with Crippen LogP contribution >= 0.6 is 22.7 Å². The van der Waals surface area contributed by atoms with Gasteiger partial charge in [-0.3, -0.25) is 0 Å². The second kappa shape index (κ2) is 11.8. The molecule has 3 nitrogen and oxygen atoms in total. The second-order valence-corrected chi connectivity index (χ2v) is 17.0. The highest BCUT2D eigenvalue weighted by Gasteiger charge is 2.23. The molecule has 0 fully saturated rings. The summed E-state index contributed by atoms with van der Waals surface area (Å²) in [6.45, 7) is 0. The minimum atomic E-state index is 0.732. The lowest BCUT2D eigenvalue weighted by molar-refractivity contribution is 1.20. The largest absolute Gasteiger partial charge is 0.309 e. The van der Waals surface area contributed by atoms with Gasteiger partial charge in [-0.1, -0.05) is 133 Å². The fourth-order valence-electron chi connectivity index (χ4n) is 9.26. The smallest absolute Gasteiger partial charge is 0.161 e. The Kier molecular flexibility index (Phi) is 6.48. The summed E-state index contributed by atoms with van der Waals surface area (Å²) < 4.78 is 7.43. The highest BCUT2D eigenvalue weighted by molar-refractivity contribution is 7.26. The Bertz CT molecular complexity index is 3640. The average Bonchev–Trinajstić information content (AvgIpc) is 3.77. The van der Waals surface area contributed by atoms with Crippen molar-refractivity contribution < 1.29 is 0 Å². The molecular weight excluding hydrogens is 731 g/mol. The predicted molar refractivity (Wildman–Crippen MR) is 245 cm³/mol. The van der Waals surface area contributed by atoms with Gasteiger partial charge in [-0.2, -0.15) is 0 Å². The third-order valence-corrected chi connectivity index (χ3v) is 14.1. The first-order valence-electron chi connectivity index (χ1n) is 19.2. The van der Waals surface area contributed by atoms with Crippen LogP contribution in [0.4, 0.5) is 0 Å². The fraction of sp³-hybridized carbons (Fsp3) is 0. The van der Waals surface area contributed by atoms with Crippen molar-refractivity contribution in [2.24, 2.45) is 0 Å². The number of fused-ring (bicyclic) bond motifs is 4. The van der Waals surface area contributed by atoms with E-state index in [0.29, 0.717) is 0 Å². The maximum atomic E-state index is 5.46. The van der Waals surface area contributed by atoms with Crippen LogP contribution in [0.5, 0.6) is 0 Å². The lowest BCUT2D eigenvalue weighted by atomic mass is 10.00. The van der Waals surface area contributed by atoms with E-state index in [-0.39, 0.29) is 0 Å². The minimum Gasteiger partial charge on any atom is -0.309 e. The van der Waals surface area contributed by atoms with Gasteiger partial charge in [0.2, 0.25) is 0 Å². The van der Waals surface area contributed by atoms with E-state index in [4.69, 9.17) is 9.97 Å². The molecule has 0 bridgehead atoms. The maximum absolute atomic E-state index is 5.46. The molecule has 57 heavy (non-hydrogen) atoms. The fourth-order valence-corrected chi connectivity index (χ4v) is 11.6. The molecule has 0 unspecified atom stereocenters. The lowest BCUT2D eigenvalue weighted by Crippen LogP contribution is -1.98. The van der Waals surface area contributed by atoms with E-state index in [1.807, 2.05) is 11.3 Å². The quantitative estimate of drug-likeness (QED) is 0.179. The molecule has 13 rings (SSSR count). The van der Waals surface area contributed by atoms with Gasteiger partial charge >= 0.3 is 0 Å². The molecule has 264 valence electrons. The van der Waals surface area contributed by atoms with E-state index in [1.54, 1.807) is 11.3 Å². The van der Waals surface area contributed by atoms with Gasteiger partial charge in [0, 0.05) is 57.5 Å². The van der Waals surface area contributed by atoms with Crippen LogP contribution in [0.3, 0.4) is 0 Å². The van der Waals surface area contributed by atoms with Gasteiger partial charge in [-0.15, -0.1) is 22.7 Å². The van der Waals surface area contributed by atoms with Crippen LogP contribution in [0.1, 0.15) is 0 Å². The predicted octanol–water partition coefficient (Wildman–Crippen LogP) is 15.1. The Morgan fingerprint density at radius 3 is 1.70 bits per heavy atom. The third-order valence-electron chi connectivity index (χ3n) is 11.8. The standard InChI is InChI=1S/C52H29N3S2/c1-2-10-30(11-3-1)31-20-22-34(23-21-31)49-51-50(38-16-6-7-17-42(38)57-51)54-52(53-49)37-26-29-39(36-15-5-4-14-35(36)37)55-40-27-24-32-12-8-18-43-45(32)47(40)48-41(55)28-25-33-13-9-19-44(56-43)46(33)48/h1-29H. The SMILES string of the molecule is c1ccc(-c2ccc(-c3nc(-c4ccc(-n5c6ccc7cccc8sc9cccc%10ccc5c(c%109)c6c78)c5ccccc45)nc4c3sc3ccccc34)cc2)cc1. The first kappa shape index (κ1) is 31.3. The highest BCUT2D eigenvalue weighted by atomic mass is 32.1. The van der Waals surface area contributed by atoms with Crippen LogP contribution in [0.25, 0.3) is 123 Å². The molecule has 0 N–H and O–H groups in total. The van der Waals surface area contributed by atoms with E-state index >= 15 is 0 Å². The van der Waals surface area contributed by atoms with Crippen molar-refractivity contribution in [3.8, 4) is 39.5 Å². The molecule has 0 saturated carbocycles. The van der Waals surface area contributed by atoms with Crippen LogP contribution in [0, 0.1) is 0 Å². The summed E-state index contributed by atoms with van der Waals surface area (Å²) in [4.78, 5) is 10.9. The van der Waals surface area contributed by atoms with Crippen molar-refractivity contribution in [3.05, 3.63) is 176 Å². The number of nitrogens with zero attached hydrogens (tertiary/aromatic N) is 3. The summed E-state index contributed by atoms with van der Waals surface area (Å²) >= 11 is 3.66. The number of thiophene rings is 1. The molecule has 0 aliphatic carbocycles. The Morgan fingerprint density at radius 2 is 0.982 bits per heavy atom. The molecule has 0 spiro atoms. The monoisotopic (exact) mass is 759 g/mol. The van der Waals surface area contributed by atoms with Crippen molar-refractivity contribution in [2.45, 2.75) is 0 Å². The summed E-state index contributed by atoms with van der Waals surface area (Å²) in [5.41, 5.74) is 10.0. The van der Waals surface area contributed by atoms with Crippen molar-refractivity contribution in [1.29, 1.82) is 0 Å². The van der Waals surface area contributed by atoms with Gasteiger partial charge in [-0.25, -0.2) is 9.97 Å². The van der Waals surface area contributed by atoms with Gasteiger partial charge in [0.15, 0.2) is 5.82 Å². The van der Waals surface area contributed by atoms with Crippen LogP contribution in [0.2, 0.25) is 0 Å². The van der Waals surface area contributed by atoms with Crippen LogP contribution in [-0.4, -0.2) is 14.5 Å². The number of hydrogen-bond donors (Lipinski definition) is 0. The maximum Gasteiger partial charge on any atom is 0.161 e. The zero-order valence-corrected chi connectivity index (χ0v) is 32.0. The van der Waals surface area contributed by atoms with Crippen molar-refractivity contribution in [2.75, 3.05) is 0 Å². The number of benzene rings is 9. The van der Waals surface area contributed by atoms with Crippen molar-refractivity contribution in [1.82, 2.24) is 14.5 Å². The van der Waals surface area contributed by atoms with Crippen molar-refractivity contribution in [3.63, 3.8) is 0 Å². The van der Waals surface area contributed by atoms with E-state index in [1.165, 1.54) is 68.6 Å². The number of aromatic nitrogens is 3. The molecule has 0 atom stereocenters. The van der Waals surface area contributed by atoms with Gasteiger partial charge in [0.1, 0.15) is 0 Å². The first-order valence-corrected chi connectivity index (χ1v) is 20.9. The Morgan fingerprint density at radius 1 is 0.386 bits per heavy atom. The average molecular weight is 760 g/mol. The molecule has 4 aromatic heterocycles. The zero-order chi connectivity index (χ0) is 37.2. The number of hydrogen-bond acceptors (Lipinski definition) is 4. The summed E-state index contributed by atoms with van der Waals surface area (Å²) in [7, 11) is 0. The summed E-state index contributed by atoms with van der Waals surface area (Å²) in [5.74, 6) is 0.732. The molecule has 9 aromatic carbocycles. The zero-order valence-electron chi connectivity index (χ0n) is 30.4. The van der Waals surface area contributed by atoms with E-state index in [2.05, 4.69) is 180 Å². The molecule has 4 heterocycles. The molecular formula is C52H29N3S2. The van der Waals surface area contributed by atoms with E-state index < -0.39 is 0 Å². The van der Waals surface area contributed by atoms with Crippen LogP contribution in [-0.2, 0) is 0 Å². The summed E-state index contributed by atoms with van der Waals surface area (Å²) in [5, 5.41) is 11.3. The molecule has 13 aromatic rings. The Balaban J connectivity index is 1.07. The molecule has 5 heteroatoms. The van der Waals surface area contributed by atoms with Gasteiger partial charge in [0.25, 0.3) is 0 Å². The molecule has 0 aliphatic rings. The minimum absolute atomic E-state index is 0.732. The highest BCUT2D eigenvalue weighted by Crippen LogP contribution is 2.47. The molecule has 0 aliphatic heterocycles.